The highest BCUT2D eigenvalue weighted by Crippen LogP contribution is 2.34. The molecule has 2 heterocycles. The molecule has 0 radical (unpaired) electrons. The first kappa shape index (κ1) is 17.7. The second-order valence-corrected chi connectivity index (χ2v) is 8.08. The number of likely N-dealkylation sites (tertiary alicyclic amines) is 1. The van der Waals surface area contributed by atoms with Crippen molar-refractivity contribution < 1.29 is 5.11 Å². The monoisotopic (exact) mass is 353 g/mol. The Hall–Kier alpha value is -1.65. The van der Waals surface area contributed by atoms with Crippen molar-refractivity contribution in [1.82, 2.24) is 14.7 Å². The molecular weight excluding hydrogens is 322 g/mol. The highest BCUT2D eigenvalue weighted by molar-refractivity contribution is 5.63. The Bertz CT molecular complexity index is 715. The maximum atomic E-state index is 9.60. The lowest BCUT2D eigenvalue weighted by atomic mass is 9.84. The number of hydrogen-bond acceptors (Lipinski definition) is 3. The minimum atomic E-state index is 0.256. The average molecular weight is 354 g/mol. The van der Waals surface area contributed by atoms with Crippen molar-refractivity contribution >= 4 is 0 Å². The van der Waals surface area contributed by atoms with E-state index in [-0.39, 0.29) is 6.61 Å². The van der Waals surface area contributed by atoms with Crippen molar-refractivity contribution in [2.45, 2.75) is 63.5 Å². The Morgan fingerprint density at radius 1 is 1.04 bits per heavy atom. The molecule has 2 aliphatic rings. The van der Waals surface area contributed by atoms with E-state index >= 15 is 0 Å². The standard InChI is InChI=1S/C22H31N3O/c1-24-14-20(15-25-13-5-8-21(25)16-26)22(23-24)19-11-9-18(10-12-19)17-6-3-2-4-7-17/h9-12,14,17,21,26H,2-8,13,15-16H2,1H3/t21-/m0/s1. The predicted octanol–water partition coefficient (Wildman–Crippen LogP) is 4.09. The molecule has 1 atom stereocenters. The third-order valence-corrected chi connectivity index (χ3v) is 6.25. The van der Waals surface area contributed by atoms with Gasteiger partial charge in [0.05, 0.1) is 12.3 Å². The van der Waals surface area contributed by atoms with Gasteiger partial charge >= 0.3 is 0 Å². The zero-order chi connectivity index (χ0) is 17.9. The number of aliphatic hydroxyl groups excluding tert-OH is 1. The summed E-state index contributed by atoms with van der Waals surface area (Å²) in [5.41, 5.74) is 5.05. The fourth-order valence-electron chi connectivity index (χ4n) is 4.77. The topological polar surface area (TPSA) is 41.3 Å². The molecule has 1 saturated carbocycles. The van der Waals surface area contributed by atoms with Crippen molar-refractivity contribution in [2.75, 3.05) is 13.2 Å². The third-order valence-electron chi connectivity index (χ3n) is 6.25. The van der Waals surface area contributed by atoms with Crippen LogP contribution in [0.4, 0.5) is 0 Å². The molecule has 0 spiro atoms. The van der Waals surface area contributed by atoms with Gasteiger partial charge in [0.15, 0.2) is 0 Å². The van der Waals surface area contributed by atoms with Crippen LogP contribution in [-0.4, -0.2) is 39.0 Å². The Labute approximate surface area is 156 Å². The summed E-state index contributed by atoms with van der Waals surface area (Å²) in [7, 11) is 2.00. The van der Waals surface area contributed by atoms with Crippen molar-refractivity contribution in [3.8, 4) is 11.3 Å². The van der Waals surface area contributed by atoms with E-state index < -0.39 is 0 Å². The van der Waals surface area contributed by atoms with Crippen LogP contribution in [0, 0.1) is 0 Å². The number of benzene rings is 1. The predicted molar refractivity (Wildman–Crippen MR) is 105 cm³/mol. The molecule has 1 aromatic carbocycles. The molecule has 1 aliphatic carbocycles. The van der Waals surface area contributed by atoms with Gasteiger partial charge < -0.3 is 5.11 Å². The van der Waals surface area contributed by atoms with Crippen molar-refractivity contribution in [1.29, 1.82) is 0 Å². The summed E-state index contributed by atoms with van der Waals surface area (Å²) in [5, 5.41) is 14.3. The van der Waals surface area contributed by atoms with E-state index in [2.05, 4.69) is 35.4 Å². The summed E-state index contributed by atoms with van der Waals surface area (Å²) in [6.07, 6.45) is 11.2. The Balaban J connectivity index is 1.54. The molecule has 1 saturated heterocycles. The van der Waals surface area contributed by atoms with Gasteiger partial charge in [-0.3, -0.25) is 9.58 Å². The number of nitrogens with zero attached hydrogens (tertiary/aromatic N) is 3. The van der Waals surface area contributed by atoms with E-state index in [1.807, 2.05) is 11.7 Å². The minimum Gasteiger partial charge on any atom is -0.395 e. The van der Waals surface area contributed by atoms with Gasteiger partial charge in [-0.15, -0.1) is 0 Å². The lowest BCUT2D eigenvalue weighted by molar-refractivity contribution is 0.154. The normalized spacial score (nSPS) is 22.2. The molecule has 1 aromatic heterocycles. The van der Waals surface area contributed by atoms with Crippen LogP contribution in [0.15, 0.2) is 30.5 Å². The minimum absolute atomic E-state index is 0.256. The lowest BCUT2D eigenvalue weighted by Crippen LogP contribution is -2.31. The van der Waals surface area contributed by atoms with E-state index in [1.165, 1.54) is 55.2 Å². The smallest absolute Gasteiger partial charge is 0.0968 e. The Morgan fingerprint density at radius 3 is 2.54 bits per heavy atom. The summed E-state index contributed by atoms with van der Waals surface area (Å²) in [6, 6.07) is 9.44. The SMILES string of the molecule is Cn1cc(CN2CCC[C@H]2CO)c(-c2ccc(C3CCCCC3)cc2)n1. The van der Waals surface area contributed by atoms with Crippen LogP contribution >= 0.6 is 0 Å². The van der Waals surface area contributed by atoms with Crippen LogP contribution in [0.25, 0.3) is 11.3 Å². The Kier molecular flexibility index (Phi) is 5.41. The van der Waals surface area contributed by atoms with E-state index in [9.17, 15) is 5.11 Å². The molecule has 2 aromatic rings. The van der Waals surface area contributed by atoms with Gasteiger partial charge in [-0.25, -0.2) is 0 Å². The van der Waals surface area contributed by atoms with Gasteiger partial charge in [0.2, 0.25) is 0 Å². The van der Waals surface area contributed by atoms with E-state index in [0.717, 1.165) is 31.1 Å². The van der Waals surface area contributed by atoms with Crippen molar-refractivity contribution in [3.05, 3.63) is 41.6 Å². The molecule has 1 aliphatic heterocycles. The molecule has 4 heteroatoms. The maximum absolute atomic E-state index is 9.60. The van der Waals surface area contributed by atoms with Crippen molar-refractivity contribution in [2.24, 2.45) is 7.05 Å². The largest absolute Gasteiger partial charge is 0.395 e. The zero-order valence-electron chi connectivity index (χ0n) is 15.9. The molecule has 1 N–H and O–H groups in total. The summed E-state index contributed by atoms with van der Waals surface area (Å²) in [4.78, 5) is 2.40. The number of aliphatic hydroxyl groups is 1. The summed E-state index contributed by atoms with van der Waals surface area (Å²) in [5.74, 6) is 0.746. The fourth-order valence-corrected chi connectivity index (χ4v) is 4.77. The molecule has 0 amide bonds. The van der Waals surface area contributed by atoms with Gasteiger partial charge in [-0.05, 0) is 43.7 Å². The summed E-state index contributed by atoms with van der Waals surface area (Å²) < 4.78 is 1.92. The number of rotatable bonds is 5. The van der Waals surface area contributed by atoms with Gasteiger partial charge in [0.25, 0.3) is 0 Å². The molecular formula is C22H31N3O. The molecule has 2 fully saturated rings. The van der Waals surface area contributed by atoms with Crippen LogP contribution in [0.2, 0.25) is 0 Å². The van der Waals surface area contributed by atoms with E-state index in [0.29, 0.717) is 6.04 Å². The summed E-state index contributed by atoms with van der Waals surface area (Å²) >= 11 is 0. The van der Waals surface area contributed by atoms with Crippen LogP contribution in [0.3, 0.4) is 0 Å². The highest BCUT2D eigenvalue weighted by Gasteiger charge is 2.25. The number of aryl methyl sites for hydroxylation is 1. The first-order valence-electron chi connectivity index (χ1n) is 10.2. The van der Waals surface area contributed by atoms with Crippen LogP contribution < -0.4 is 0 Å². The van der Waals surface area contributed by atoms with Gasteiger partial charge in [-0.1, -0.05) is 43.5 Å². The average Bonchev–Trinajstić information content (AvgIpc) is 3.29. The second-order valence-electron chi connectivity index (χ2n) is 8.08. The molecule has 4 nitrogen and oxygen atoms in total. The molecule has 26 heavy (non-hydrogen) atoms. The van der Waals surface area contributed by atoms with Gasteiger partial charge in [0.1, 0.15) is 0 Å². The third kappa shape index (κ3) is 3.72. The van der Waals surface area contributed by atoms with E-state index in [4.69, 9.17) is 5.10 Å². The highest BCUT2D eigenvalue weighted by atomic mass is 16.3. The molecule has 140 valence electrons. The van der Waals surface area contributed by atoms with Crippen LogP contribution in [0.1, 0.15) is 62.0 Å². The van der Waals surface area contributed by atoms with Crippen molar-refractivity contribution in [3.63, 3.8) is 0 Å². The molecule has 0 unspecified atom stereocenters. The van der Waals surface area contributed by atoms with Gasteiger partial charge in [-0.2, -0.15) is 5.10 Å². The van der Waals surface area contributed by atoms with Gasteiger partial charge in [0, 0.05) is 37.0 Å². The second kappa shape index (κ2) is 7.93. The quantitative estimate of drug-likeness (QED) is 0.880. The maximum Gasteiger partial charge on any atom is 0.0968 e. The number of aromatic nitrogens is 2. The lowest BCUT2D eigenvalue weighted by Gasteiger charge is -2.23. The van der Waals surface area contributed by atoms with Crippen LogP contribution in [0.5, 0.6) is 0 Å². The van der Waals surface area contributed by atoms with E-state index in [1.54, 1.807) is 0 Å². The Morgan fingerprint density at radius 2 is 1.81 bits per heavy atom. The fraction of sp³-hybridized carbons (Fsp3) is 0.591. The summed E-state index contributed by atoms with van der Waals surface area (Å²) in [6.45, 7) is 2.20. The zero-order valence-corrected chi connectivity index (χ0v) is 15.9. The number of hydrogen-bond donors (Lipinski definition) is 1. The first-order chi connectivity index (χ1) is 12.7. The molecule has 4 rings (SSSR count). The molecule has 0 bridgehead atoms. The first-order valence-corrected chi connectivity index (χ1v) is 10.2. The van der Waals surface area contributed by atoms with Crippen LogP contribution in [-0.2, 0) is 13.6 Å².